The van der Waals surface area contributed by atoms with Crippen molar-refractivity contribution in [2.45, 2.75) is 25.9 Å². The molecule has 1 aliphatic heterocycles. The highest BCUT2D eigenvalue weighted by Crippen LogP contribution is 2.29. The van der Waals surface area contributed by atoms with Gasteiger partial charge < -0.3 is 14.7 Å². The second-order valence-corrected chi connectivity index (χ2v) is 5.00. The summed E-state index contributed by atoms with van der Waals surface area (Å²) in [6, 6.07) is 1.51. The molecule has 1 fully saturated rings. The highest BCUT2D eigenvalue weighted by Gasteiger charge is 2.26. The van der Waals surface area contributed by atoms with Gasteiger partial charge in [0.25, 0.3) is 0 Å². The molecule has 0 bridgehead atoms. The van der Waals surface area contributed by atoms with Gasteiger partial charge >= 0.3 is 11.7 Å². The first-order chi connectivity index (χ1) is 9.97. The molecule has 0 spiro atoms. The predicted octanol–water partition coefficient (Wildman–Crippen LogP) is 1.37. The molecule has 2 rings (SSSR count). The van der Waals surface area contributed by atoms with Crippen LogP contribution in [0.5, 0.6) is 0 Å². The van der Waals surface area contributed by atoms with E-state index in [4.69, 9.17) is 9.84 Å². The summed E-state index contributed by atoms with van der Waals surface area (Å²) in [7, 11) is 0. The van der Waals surface area contributed by atoms with Crippen LogP contribution in [0.25, 0.3) is 0 Å². The van der Waals surface area contributed by atoms with Crippen LogP contribution in [0.2, 0.25) is 0 Å². The first-order valence-electron chi connectivity index (χ1n) is 6.66. The minimum Gasteiger partial charge on any atom is -0.480 e. The lowest BCUT2D eigenvalue weighted by atomic mass is 10.1. The summed E-state index contributed by atoms with van der Waals surface area (Å²) in [6.07, 6.45) is 2.73. The summed E-state index contributed by atoms with van der Waals surface area (Å²) in [5.41, 5.74) is 0.741. The smallest absolute Gasteiger partial charge is 0.329 e. The van der Waals surface area contributed by atoms with E-state index in [0.29, 0.717) is 31.7 Å². The van der Waals surface area contributed by atoms with Crippen LogP contribution in [0, 0.1) is 17.0 Å². The van der Waals surface area contributed by atoms with Crippen LogP contribution in [-0.4, -0.2) is 46.8 Å². The molecule has 0 radical (unpaired) electrons. The number of carboxylic acid groups (broad SMARTS) is 1. The fourth-order valence-electron chi connectivity index (χ4n) is 2.35. The maximum atomic E-state index is 11.1. The molecule has 8 nitrogen and oxygen atoms in total. The Bertz CT molecular complexity index is 541. The molecule has 1 aliphatic rings. The fraction of sp³-hybridized carbons (Fsp3) is 0.538. The Morgan fingerprint density at radius 2 is 2.24 bits per heavy atom. The van der Waals surface area contributed by atoms with Gasteiger partial charge in [0.2, 0.25) is 5.82 Å². The Kier molecular flexibility index (Phi) is 4.69. The molecule has 114 valence electrons. The number of aryl methyl sites for hydroxylation is 1. The molecular formula is C13H17N3O5. The van der Waals surface area contributed by atoms with Gasteiger partial charge in [-0.1, -0.05) is 0 Å². The van der Waals surface area contributed by atoms with Crippen LogP contribution in [-0.2, 0) is 9.53 Å². The maximum Gasteiger partial charge on any atom is 0.329 e. The van der Waals surface area contributed by atoms with Gasteiger partial charge in [-0.05, 0) is 25.3 Å². The number of piperidine rings is 1. The number of hydrogen-bond donors (Lipinski definition) is 1. The van der Waals surface area contributed by atoms with Crippen molar-refractivity contribution in [3.8, 4) is 0 Å². The molecule has 1 saturated heterocycles. The molecular weight excluding hydrogens is 278 g/mol. The fourth-order valence-corrected chi connectivity index (χ4v) is 2.35. The minimum absolute atomic E-state index is 0.0000886. The van der Waals surface area contributed by atoms with Gasteiger partial charge in [0, 0.05) is 25.4 Å². The number of nitro groups is 1. The zero-order valence-corrected chi connectivity index (χ0v) is 11.7. The topological polar surface area (TPSA) is 106 Å². The van der Waals surface area contributed by atoms with E-state index in [2.05, 4.69) is 4.98 Å². The van der Waals surface area contributed by atoms with Crippen molar-refractivity contribution in [1.82, 2.24) is 4.98 Å². The average Bonchev–Trinajstić information content (AvgIpc) is 2.45. The maximum absolute atomic E-state index is 11.1. The van der Waals surface area contributed by atoms with Gasteiger partial charge in [-0.2, -0.15) is 0 Å². The van der Waals surface area contributed by atoms with Crippen molar-refractivity contribution in [1.29, 1.82) is 0 Å². The summed E-state index contributed by atoms with van der Waals surface area (Å²) in [5.74, 6) is -0.629. The second kappa shape index (κ2) is 6.49. The number of aliphatic carboxylic acids is 1. The van der Waals surface area contributed by atoms with Gasteiger partial charge in [0.05, 0.1) is 11.0 Å². The third-order valence-corrected chi connectivity index (χ3v) is 3.36. The van der Waals surface area contributed by atoms with E-state index in [0.717, 1.165) is 5.56 Å². The highest BCUT2D eigenvalue weighted by molar-refractivity contribution is 5.68. The number of nitrogens with zero attached hydrogens (tertiary/aromatic N) is 3. The molecule has 0 atom stereocenters. The Morgan fingerprint density at radius 3 is 2.81 bits per heavy atom. The summed E-state index contributed by atoms with van der Waals surface area (Å²) in [6.45, 7) is 2.56. The van der Waals surface area contributed by atoms with E-state index in [1.54, 1.807) is 13.1 Å². The number of anilines is 1. The molecule has 1 aromatic heterocycles. The van der Waals surface area contributed by atoms with E-state index in [-0.39, 0.29) is 18.4 Å². The van der Waals surface area contributed by atoms with Crippen LogP contribution in [0.1, 0.15) is 18.4 Å². The molecule has 8 heteroatoms. The number of pyridine rings is 1. The summed E-state index contributed by atoms with van der Waals surface area (Å²) in [5, 5.41) is 19.7. The molecule has 0 unspecified atom stereocenters. The van der Waals surface area contributed by atoms with Crippen molar-refractivity contribution in [3.05, 3.63) is 27.9 Å². The lowest BCUT2D eigenvalue weighted by Gasteiger charge is -2.32. The first kappa shape index (κ1) is 15.2. The third-order valence-electron chi connectivity index (χ3n) is 3.36. The van der Waals surface area contributed by atoms with Crippen LogP contribution < -0.4 is 4.90 Å². The number of carboxylic acids is 1. The number of ether oxygens (including phenoxy) is 1. The molecule has 2 heterocycles. The third kappa shape index (κ3) is 3.88. The van der Waals surface area contributed by atoms with E-state index in [9.17, 15) is 14.9 Å². The highest BCUT2D eigenvalue weighted by atomic mass is 16.6. The lowest BCUT2D eigenvalue weighted by molar-refractivity contribution is -0.384. The lowest BCUT2D eigenvalue weighted by Crippen LogP contribution is -2.38. The van der Waals surface area contributed by atoms with E-state index < -0.39 is 10.9 Å². The van der Waals surface area contributed by atoms with Gasteiger partial charge in [-0.15, -0.1) is 0 Å². The minimum atomic E-state index is -0.992. The molecule has 0 aromatic carbocycles. The van der Waals surface area contributed by atoms with Gasteiger partial charge in [0.1, 0.15) is 6.61 Å². The monoisotopic (exact) mass is 295 g/mol. The number of rotatable bonds is 5. The van der Waals surface area contributed by atoms with Crippen molar-refractivity contribution in [3.63, 3.8) is 0 Å². The summed E-state index contributed by atoms with van der Waals surface area (Å²) >= 11 is 0. The van der Waals surface area contributed by atoms with Crippen LogP contribution in [0.15, 0.2) is 12.3 Å². The number of carbonyl (C=O) groups is 1. The largest absolute Gasteiger partial charge is 0.480 e. The standard InChI is InChI=1S/C13H17N3O5/c1-9-6-11(16(19)20)13(14-7-9)15-4-2-10(3-5-15)21-8-12(17)18/h6-7,10H,2-5,8H2,1H3,(H,17,18). The first-order valence-corrected chi connectivity index (χ1v) is 6.66. The normalized spacial score (nSPS) is 16.0. The number of aromatic nitrogens is 1. The Balaban J connectivity index is 2.02. The molecule has 0 amide bonds. The van der Waals surface area contributed by atoms with Crippen molar-refractivity contribution < 1.29 is 19.6 Å². The van der Waals surface area contributed by atoms with E-state index in [1.807, 2.05) is 4.90 Å². The molecule has 21 heavy (non-hydrogen) atoms. The van der Waals surface area contributed by atoms with Gasteiger partial charge in [-0.3, -0.25) is 10.1 Å². The van der Waals surface area contributed by atoms with Crippen LogP contribution >= 0.6 is 0 Å². The Morgan fingerprint density at radius 1 is 1.57 bits per heavy atom. The SMILES string of the molecule is Cc1cnc(N2CCC(OCC(=O)O)CC2)c([N+](=O)[O-])c1. The predicted molar refractivity (Wildman–Crippen MR) is 74.5 cm³/mol. The molecule has 1 aromatic rings. The van der Waals surface area contributed by atoms with Gasteiger partial charge in [0.15, 0.2) is 0 Å². The molecule has 1 N–H and O–H groups in total. The van der Waals surface area contributed by atoms with Gasteiger partial charge in [-0.25, -0.2) is 9.78 Å². The van der Waals surface area contributed by atoms with Crippen molar-refractivity contribution in [2.75, 3.05) is 24.6 Å². The van der Waals surface area contributed by atoms with Crippen molar-refractivity contribution in [2.24, 2.45) is 0 Å². The molecule has 0 aliphatic carbocycles. The van der Waals surface area contributed by atoms with Crippen molar-refractivity contribution >= 4 is 17.5 Å². The Hall–Kier alpha value is -2.22. The zero-order valence-electron chi connectivity index (χ0n) is 11.7. The quantitative estimate of drug-likeness (QED) is 0.645. The van der Waals surface area contributed by atoms with Crippen LogP contribution in [0.3, 0.4) is 0 Å². The number of hydrogen-bond acceptors (Lipinski definition) is 6. The van der Waals surface area contributed by atoms with E-state index >= 15 is 0 Å². The zero-order chi connectivity index (χ0) is 15.4. The Labute approximate surface area is 121 Å². The summed E-state index contributed by atoms with van der Waals surface area (Å²) in [4.78, 5) is 27.2. The summed E-state index contributed by atoms with van der Waals surface area (Å²) < 4.78 is 5.24. The second-order valence-electron chi connectivity index (χ2n) is 5.00. The molecule has 0 saturated carbocycles. The average molecular weight is 295 g/mol. The van der Waals surface area contributed by atoms with E-state index in [1.165, 1.54) is 6.07 Å². The van der Waals surface area contributed by atoms with Crippen LogP contribution in [0.4, 0.5) is 11.5 Å².